The summed E-state index contributed by atoms with van der Waals surface area (Å²) in [6, 6.07) is 7.39. The van der Waals surface area contributed by atoms with E-state index < -0.39 is 17.8 Å². The van der Waals surface area contributed by atoms with Crippen LogP contribution in [0.2, 0.25) is 0 Å². The maximum Gasteiger partial charge on any atom is 0.337 e. The summed E-state index contributed by atoms with van der Waals surface area (Å²) in [6.07, 6.45) is 1.13. The molecule has 2 aromatic rings. The molecule has 20 heavy (non-hydrogen) atoms. The molecule has 0 aliphatic carbocycles. The van der Waals surface area contributed by atoms with E-state index in [0.717, 1.165) is 6.20 Å². The zero-order valence-electron chi connectivity index (χ0n) is 10.1. The van der Waals surface area contributed by atoms with Gasteiger partial charge in [0.05, 0.1) is 5.56 Å². The zero-order chi connectivity index (χ0) is 14.5. The Balaban J connectivity index is 1.97. The predicted molar refractivity (Wildman–Crippen MR) is 70.2 cm³/mol. The molecule has 2 amide bonds. The fourth-order valence-corrected chi connectivity index (χ4v) is 1.41. The molecular formula is C13H10FN3O3. The standard InChI is InChI=1S/C13H10FN3O3/c14-9-2-4-10(5-3-9)16-13(20)17-11-6-1-8(7-15-11)12(18)19/h1-7H,(H,18,19)(H2,15,16,17,20). The van der Waals surface area contributed by atoms with Gasteiger partial charge in [0.2, 0.25) is 0 Å². The van der Waals surface area contributed by atoms with Gasteiger partial charge >= 0.3 is 12.0 Å². The van der Waals surface area contributed by atoms with Crippen LogP contribution in [0, 0.1) is 5.82 Å². The number of benzene rings is 1. The Kier molecular flexibility index (Phi) is 3.90. The van der Waals surface area contributed by atoms with Crippen LogP contribution in [0.15, 0.2) is 42.6 Å². The van der Waals surface area contributed by atoms with Gasteiger partial charge in [-0.3, -0.25) is 5.32 Å². The molecule has 1 heterocycles. The van der Waals surface area contributed by atoms with E-state index in [0.29, 0.717) is 5.69 Å². The molecule has 1 aromatic carbocycles. The van der Waals surface area contributed by atoms with Crippen LogP contribution in [0.1, 0.15) is 10.4 Å². The van der Waals surface area contributed by atoms with Gasteiger partial charge in [0, 0.05) is 11.9 Å². The molecule has 2 rings (SSSR count). The van der Waals surface area contributed by atoms with E-state index in [1.807, 2.05) is 0 Å². The number of pyridine rings is 1. The second kappa shape index (κ2) is 5.79. The number of rotatable bonds is 3. The van der Waals surface area contributed by atoms with Gasteiger partial charge in [-0.05, 0) is 36.4 Å². The van der Waals surface area contributed by atoms with Crippen molar-refractivity contribution in [2.24, 2.45) is 0 Å². The highest BCUT2D eigenvalue weighted by Gasteiger charge is 2.06. The summed E-state index contributed by atoms with van der Waals surface area (Å²) in [5.74, 6) is -1.30. The van der Waals surface area contributed by atoms with Crippen molar-refractivity contribution in [1.29, 1.82) is 0 Å². The molecule has 3 N–H and O–H groups in total. The molecule has 7 heteroatoms. The van der Waals surface area contributed by atoms with Crippen LogP contribution in [-0.2, 0) is 0 Å². The number of carbonyl (C=O) groups excluding carboxylic acids is 1. The highest BCUT2D eigenvalue weighted by molar-refractivity contribution is 5.99. The second-order valence-corrected chi connectivity index (χ2v) is 3.82. The van der Waals surface area contributed by atoms with Gasteiger partial charge in [-0.2, -0.15) is 0 Å². The van der Waals surface area contributed by atoms with Crippen LogP contribution in [-0.4, -0.2) is 22.1 Å². The van der Waals surface area contributed by atoms with E-state index in [9.17, 15) is 14.0 Å². The third-order valence-corrected chi connectivity index (χ3v) is 2.35. The fourth-order valence-electron chi connectivity index (χ4n) is 1.41. The van der Waals surface area contributed by atoms with Crippen LogP contribution in [0.4, 0.5) is 20.7 Å². The molecule has 0 unspecified atom stereocenters. The number of hydrogen-bond acceptors (Lipinski definition) is 3. The van der Waals surface area contributed by atoms with Gasteiger partial charge in [0.25, 0.3) is 0 Å². The molecular weight excluding hydrogens is 265 g/mol. The first kappa shape index (κ1) is 13.5. The van der Waals surface area contributed by atoms with Gasteiger partial charge in [-0.15, -0.1) is 0 Å². The van der Waals surface area contributed by atoms with Crippen molar-refractivity contribution in [3.05, 3.63) is 54.0 Å². The molecule has 0 atom stereocenters. The number of hydrogen-bond donors (Lipinski definition) is 3. The molecule has 0 saturated heterocycles. The molecule has 0 saturated carbocycles. The third-order valence-electron chi connectivity index (χ3n) is 2.35. The highest BCUT2D eigenvalue weighted by atomic mass is 19.1. The average Bonchev–Trinajstić information content (AvgIpc) is 2.42. The number of carboxylic acid groups (broad SMARTS) is 1. The van der Waals surface area contributed by atoms with Crippen molar-refractivity contribution in [1.82, 2.24) is 4.98 Å². The van der Waals surface area contributed by atoms with Crippen LogP contribution in [0.5, 0.6) is 0 Å². The summed E-state index contributed by atoms with van der Waals surface area (Å²) in [5.41, 5.74) is 0.445. The Bertz CT molecular complexity index is 626. The Labute approximate surface area is 113 Å². The van der Waals surface area contributed by atoms with Crippen LogP contribution in [0.3, 0.4) is 0 Å². The first-order chi connectivity index (χ1) is 9.54. The van der Waals surface area contributed by atoms with Gasteiger partial charge in [0.15, 0.2) is 0 Å². The van der Waals surface area contributed by atoms with E-state index >= 15 is 0 Å². The number of amides is 2. The van der Waals surface area contributed by atoms with Gasteiger partial charge in [-0.1, -0.05) is 0 Å². The quantitative estimate of drug-likeness (QED) is 0.802. The Hall–Kier alpha value is -2.96. The lowest BCUT2D eigenvalue weighted by molar-refractivity contribution is 0.0696. The van der Waals surface area contributed by atoms with Crippen LogP contribution < -0.4 is 10.6 Å². The Morgan fingerprint density at radius 1 is 1.05 bits per heavy atom. The summed E-state index contributed by atoms with van der Waals surface area (Å²) in [7, 11) is 0. The first-order valence-electron chi connectivity index (χ1n) is 5.57. The smallest absolute Gasteiger partial charge is 0.337 e. The van der Waals surface area contributed by atoms with E-state index in [2.05, 4.69) is 15.6 Å². The van der Waals surface area contributed by atoms with Gasteiger partial charge in [-0.25, -0.2) is 19.0 Å². The van der Waals surface area contributed by atoms with Gasteiger partial charge < -0.3 is 10.4 Å². The minimum absolute atomic E-state index is 0.0227. The number of carbonyl (C=O) groups is 2. The summed E-state index contributed by atoms with van der Waals surface area (Å²) in [4.78, 5) is 26.0. The minimum Gasteiger partial charge on any atom is -0.478 e. The number of aromatic carboxylic acids is 1. The van der Waals surface area contributed by atoms with Crippen LogP contribution >= 0.6 is 0 Å². The van der Waals surface area contributed by atoms with Crippen molar-refractivity contribution in [2.75, 3.05) is 10.6 Å². The Morgan fingerprint density at radius 3 is 2.30 bits per heavy atom. The molecule has 0 aliphatic heterocycles. The number of aromatic nitrogens is 1. The number of carboxylic acids is 1. The normalized spacial score (nSPS) is 9.85. The van der Waals surface area contributed by atoms with Crippen molar-refractivity contribution in [3.63, 3.8) is 0 Å². The molecule has 0 fully saturated rings. The molecule has 102 valence electrons. The zero-order valence-corrected chi connectivity index (χ0v) is 10.1. The number of anilines is 2. The summed E-state index contributed by atoms with van der Waals surface area (Å²) < 4.78 is 12.7. The maximum absolute atomic E-state index is 12.7. The lowest BCUT2D eigenvalue weighted by Crippen LogP contribution is -2.20. The number of nitrogens with zero attached hydrogens (tertiary/aromatic N) is 1. The number of urea groups is 1. The monoisotopic (exact) mass is 275 g/mol. The van der Waals surface area contributed by atoms with E-state index in [1.165, 1.54) is 36.4 Å². The van der Waals surface area contributed by atoms with E-state index in [-0.39, 0.29) is 11.4 Å². The fraction of sp³-hybridized carbons (Fsp3) is 0. The molecule has 0 spiro atoms. The van der Waals surface area contributed by atoms with Gasteiger partial charge in [0.1, 0.15) is 11.6 Å². The van der Waals surface area contributed by atoms with Crippen LogP contribution in [0.25, 0.3) is 0 Å². The largest absolute Gasteiger partial charge is 0.478 e. The van der Waals surface area contributed by atoms with E-state index in [4.69, 9.17) is 5.11 Å². The predicted octanol–water partition coefficient (Wildman–Crippen LogP) is 2.56. The summed E-state index contributed by atoms with van der Waals surface area (Å²) in [5, 5.41) is 13.6. The number of halogens is 1. The lowest BCUT2D eigenvalue weighted by Gasteiger charge is -2.07. The van der Waals surface area contributed by atoms with E-state index in [1.54, 1.807) is 0 Å². The lowest BCUT2D eigenvalue weighted by atomic mass is 10.3. The Morgan fingerprint density at radius 2 is 1.75 bits per heavy atom. The molecule has 1 aromatic heterocycles. The molecule has 0 bridgehead atoms. The van der Waals surface area contributed by atoms with Crippen molar-refractivity contribution in [3.8, 4) is 0 Å². The SMILES string of the molecule is O=C(Nc1ccc(F)cc1)Nc1ccc(C(=O)O)cn1. The molecule has 0 aliphatic rings. The summed E-state index contributed by atoms with van der Waals surface area (Å²) in [6.45, 7) is 0. The van der Waals surface area contributed by atoms with Crippen molar-refractivity contribution >= 4 is 23.5 Å². The third kappa shape index (κ3) is 3.52. The molecule has 6 nitrogen and oxygen atoms in total. The average molecular weight is 275 g/mol. The molecule has 0 radical (unpaired) electrons. The topological polar surface area (TPSA) is 91.3 Å². The number of nitrogens with one attached hydrogen (secondary N) is 2. The van der Waals surface area contributed by atoms with Crippen molar-refractivity contribution < 1.29 is 19.1 Å². The van der Waals surface area contributed by atoms with Crippen molar-refractivity contribution in [2.45, 2.75) is 0 Å². The highest BCUT2D eigenvalue weighted by Crippen LogP contribution is 2.10. The minimum atomic E-state index is -1.10. The maximum atomic E-state index is 12.7. The first-order valence-corrected chi connectivity index (χ1v) is 5.57. The summed E-state index contributed by atoms with van der Waals surface area (Å²) >= 11 is 0. The second-order valence-electron chi connectivity index (χ2n) is 3.82.